The Kier molecular flexibility index (Phi) is 2.49. The van der Waals surface area contributed by atoms with Crippen LogP contribution in [0.25, 0.3) is 16.0 Å². The number of rotatable bonds is 1. The SMILES string of the molecule is [C-]#[N+]c1ccc(-c2cccc(N)c2N)cc1. The number of para-hydroxylation sites is 1. The first-order valence-corrected chi connectivity index (χ1v) is 4.84. The van der Waals surface area contributed by atoms with Crippen LogP contribution in [0.3, 0.4) is 0 Å². The van der Waals surface area contributed by atoms with E-state index in [-0.39, 0.29) is 0 Å². The highest BCUT2D eigenvalue weighted by molar-refractivity contribution is 5.84. The summed E-state index contributed by atoms with van der Waals surface area (Å²) in [5, 5.41) is 0. The lowest BCUT2D eigenvalue weighted by molar-refractivity contribution is 1.61. The van der Waals surface area contributed by atoms with Crippen LogP contribution in [-0.2, 0) is 0 Å². The Bertz CT molecular complexity index is 550. The highest BCUT2D eigenvalue weighted by Crippen LogP contribution is 2.30. The average Bonchev–Trinajstić information content (AvgIpc) is 2.33. The molecule has 0 amide bonds. The fraction of sp³-hybridized carbons (Fsp3) is 0. The molecule has 2 aromatic rings. The molecule has 0 saturated heterocycles. The smallest absolute Gasteiger partial charge is 0.187 e. The maximum Gasteiger partial charge on any atom is 0.187 e. The molecule has 0 unspecified atom stereocenters. The maximum atomic E-state index is 6.88. The standard InChI is InChI=1S/C13H11N3/c1-16-10-7-5-9(6-8-10)11-3-2-4-12(14)13(11)15/h2-8H,14-15H2. The van der Waals surface area contributed by atoms with Gasteiger partial charge >= 0.3 is 0 Å². The fourth-order valence-electron chi connectivity index (χ4n) is 1.55. The monoisotopic (exact) mass is 209 g/mol. The molecule has 3 nitrogen and oxygen atoms in total. The number of anilines is 2. The molecule has 0 fully saturated rings. The summed E-state index contributed by atoms with van der Waals surface area (Å²) in [5.74, 6) is 0. The lowest BCUT2D eigenvalue weighted by atomic mass is 10.0. The van der Waals surface area contributed by atoms with Crippen LogP contribution in [0.1, 0.15) is 0 Å². The Hall–Kier alpha value is -2.47. The summed E-state index contributed by atoms with van der Waals surface area (Å²) < 4.78 is 0. The van der Waals surface area contributed by atoms with Crippen LogP contribution in [0.5, 0.6) is 0 Å². The van der Waals surface area contributed by atoms with Crippen LogP contribution in [-0.4, -0.2) is 0 Å². The summed E-state index contributed by atoms with van der Waals surface area (Å²) in [6, 6.07) is 12.8. The second kappa shape index (κ2) is 3.95. The van der Waals surface area contributed by atoms with Crippen LogP contribution < -0.4 is 11.5 Å². The van der Waals surface area contributed by atoms with Gasteiger partial charge in [-0.2, -0.15) is 0 Å². The van der Waals surface area contributed by atoms with Crippen molar-refractivity contribution in [3.05, 3.63) is 53.9 Å². The lowest BCUT2D eigenvalue weighted by Crippen LogP contribution is -1.96. The molecule has 0 aromatic heterocycles. The highest BCUT2D eigenvalue weighted by atomic mass is 14.7. The molecule has 4 N–H and O–H groups in total. The molecule has 0 radical (unpaired) electrons. The van der Waals surface area contributed by atoms with Gasteiger partial charge in [-0.15, -0.1) is 0 Å². The van der Waals surface area contributed by atoms with Gasteiger partial charge in [-0.05, 0) is 11.6 Å². The molecule has 3 heteroatoms. The van der Waals surface area contributed by atoms with Gasteiger partial charge in [-0.25, -0.2) is 4.85 Å². The van der Waals surface area contributed by atoms with Gasteiger partial charge in [0.25, 0.3) is 0 Å². The van der Waals surface area contributed by atoms with Gasteiger partial charge in [-0.3, -0.25) is 0 Å². The van der Waals surface area contributed by atoms with Crippen molar-refractivity contribution in [2.75, 3.05) is 11.5 Å². The number of hydrogen-bond donors (Lipinski definition) is 2. The number of nitrogens with zero attached hydrogens (tertiary/aromatic N) is 1. The zero-order valence-electron chi connectivity index (χ0n) is 8.64. The molecule has 0 aliphatic rings. The number of nitrogens with two attached hydrogens (primary N) is 2. The molecule has 16 heavy (non-hydrogen) atoms. The second-order valence-corrected chi connectivity index (χ2v) is 3.47. The van der Waals surface area contributed by atoms with Crippen molar-refractivity contribution in [3.63, 3.8) is 0 Å². The van der Waals surface area contributed by atoms with Crippen LogP contribution in [0.15, 0.2) is 42.5 Å². The molecule has 2 rings (SSSR count). The first kappa shape index (κ1) is 10.1. The van der Waals surface area contributed by atoms with Crippen LogP contribution in [0, 0.1) is 6.57 Å². The molecule has 78 valence electrons. The van der Waals surface area contributed by atoms with Gasteiger partial charge < -0.3 is 11.5 Å². The third-order valence-electron chi connectivity index (χ3n) is 2.45. The zero-order chi connectivity index (χ0) is 11.5. The minimum atomic E-state index is 0.576. The van der Waals surface area contributed by atoms with Gasteiger partial charge in [0.05, 0.1) is 17.9 Å². The van der Waals surface area contributed by atoms with Crippen LogP contribution in [0.4, 0.5) is 17.1 Å². The first-order valence-electron chi connectivity index (χ1n) is 4.84. The molecule has 0 aliphatic heterocycles. The molecule has 0 aliphatic carbocycles. The molecule has 2 aromatic carbocycles. The van der Waals surface area contributed by atoms with E-state index in [1.54, 1.807) is 18.2 Å². The maximum absolute atomic E-state index is 6.88. The van der Waals surface area contributed by atoms with E-state index in [0.29, 0.717) is 17.1 Å². The summed E-state index contributed by atoms with van der Waals surface area (Å²) in [6.07, 6.45) is 0. The van der Waals surface area contributed by atoms with E-state index in [2.05, 4.69) is 4.85 Å². The molecular weight excluding hydrogens is 198 g/mol. The van der Waals surface area contributed by atoms with Crippen LogP contribution in [0.2, 0.25) is 0 Å². The topological polar surface area (TPSA) is 56.4 Å². The van der Waals surface area contributed by atoms with Crippen molar-refractivity contribution in [3.8, 4) is 11.1 Å². The van der Waals surface area contributed by atoms with E-state index < -0.39 is 0 Å². The summed E-state index contributed by atoms with van der Waals surface area (Å²) in [4.78, 5) is 3.34. The van der Waals surface area contributed by atoms with Crippen molar-refractivity contribution in [2.45, 2.75) is 0 Å². The quantitative estimate of drug-likeness (QED) is 0.560. The Balaban J connectivity index is 2.51. The van der Waals surface area contributed by atoms with E-state index in [9.17, 15) is 0 Å². The largest absolute Gasteiger partial charge is 0.397 e. The second-order valence-electron chi connectivity index (χ2n) is 3.47. The lowest BCUT2D eigenvalue weighted by Gasteiger charge is -2.08. The number of hydrogen-bond acceptors (Lipinski definition) is 2. The molecular formula is C13H11N3. The third kappa shape index (κ3) is 1.69. The highest BCUT2D eigenvalue weighted by Gasteiger charge is 2.04. The molecule has 0 heterocycles. The van der Waals surface area contributed by atoms with Crippen LogP contribution >= 0.6 is 0 Å². The van der Waals surface area contributed by atoms with Gasteiger partial charge in [0.1, 0.15) is 0 Å². The van der Waals surface area contributed by atoms with Gasteiger partial charge in [0, 0.05) is 5.56 Å². The minimum absolute atomic E-state index is 0.576. The van der Waals surface area contributed by atoms with E-state index in [1.807, 2.05) is 24.3 Å². The molecule has 0 saturated carbocycles. The number of nitrogen functional groups attached to an aromatic ring is 2. The van der Waals surface area contributed by atoms with E-state index in [0.717, 1.165) is 11.1 Å². The Morgan fingerprint density at radius 3 is 2.25 bits per heavy atom. The summed E-state index contributed by atoms with van der Waals surface area (Å²) in [6.45, 7) is 6.88. The first-order chi connectivity index (χ1) is 7.72. The fourth-order valence-corrected chi connectivity index (χ4v) is 1.55. The van der Waals surface area contributed by atoms with Crippen molar-refractivity contribution >= 4 is 17.1 Å². The minimum Gasteiger partial charge on any atom is -0.397 e. The Labute approximate surface area is 94.1 Å². The normalized spacial score (nSPS) is 9.69. The summed E-state index contributed by atoms with van der Waals surface area (Å²) in [7, 11) is 0. The predicted octanol–water partition coefficient (Wildman–Crippen LogP) is 3.07. The zero-order valence-corrected chi connectivity index (χ0v) is 8.64. The molecule has 0 atom stereocenters. The summed E-state index contributed by atoms with van der Waals surface area (Å²) in [5.41, 5.74) is 15.3. The van der Waals surface area contributed by atoms with Crippen molar-refractivity contribution in [1.82, 2.24) is 0 Å². The van der Waals surface area contributed by atoms with E-state index in [4.69, 9.17) is 18.0 Å². The molecule has 0 spiro atoms. The van der Waals surface area contributed by atoms with Crippen molar-refractivity contribution in [2.24, 2.45) is 0 Å². The molecule has 0 bridgehead atoms. The van der Waals surface area contributed by atoms with Crippen molar-refractivity contribution < 1.29 is 0 Å². The Morgan fingerprint density at radius 1 is 0.938 bits per heavy atom. The third-order valence-corrected chi connectivity index (χ3v) is 2.45. The van der Waals surface area contributed by atoms with Gasteiger partial charge in [-0.1, -0.05) is 36.4 Å². The predicted molar refractivity (Wildman–Crippen MR) is 67.0 cm³/mol. The van der Waals surface area contributed by atoms with E-state index >= 15 is 0 Å². The van der Waals surface area contributed by atoms with E-state index in [1.165, 1.54) is 0 Å². The van der Waals surface area contributed by atoms with Crippen molar-refractivity contribution in [1.29, 1.82) is 0 Å². The summed E-state index contributed by atoms with van der Waals surface area (Å²) >= 11 is 0. The number of benzene rings is 2. The van der Waals surface area contributed by atoms with Gasteiger partial charge in [0.2, 0.25) is 0 Å². The Morgan fingerprint density at radius 2 is 1.62 bits per heavy atom. The van der Waals surface area contributed by atoms with Gasteiger partial charge in [0.15, 0.2) is 5.69 Å². The average molecular weight is 209 g/mol.